The monoisotopic (exact) mass is 1670 g/mol. The molecule has 9 heteroatoms. The molecular weight excluding hydrogens is 1590 g/mol. The highest BCUT2D eigenvalue weighted by Crippen LogP contribution is 2.49. The molecule has 28 aromatic rings. The SMILES string of the molecule is c1cc(-c2c3ccccc3c(-c3cn4ccccc4n3)c3ccccc23)cc(-n2c3ccccc3c3ccccc32)c1.c1ccc2c(-c3cn4ccccc4n3)c3ccccc3c(-c3ccc(-n4c5ccccc5c5ccccc54)cc3)c2c1.c1cnc2c(c1)ccc1ccc(-c3c4ccccc4c(-c4ccc(-n5c6ccccc6c6ccccc65)cc4)c4ccccc34)nc12. The van der Waals surface area contributed by atoms with Crippen molar-refractivity contribution in [3.8, 4) is 84.2 Å². The molecule has 0 aliphatic rings. The molecule has 9 nitrogen and oxygen atoms in total. The number of aromatic nitrogens is 9. The highest BCUT2D eigenvalue weighted by molar-refractivity contribution is 6.25. The number of pyridine rings is 4. The van der Waals surface area contributed by atoms with Crippen molar-refractivity contribution in [2.45, 2.75) is 0 Å². The summed E-state index contributed by atoms with van der Waals surface area (Å²) < 4.78 is 11.3. The van der Waals surface area contributed by atoms with Crippen molar-refractivity contribution >= 4 is 163 Å². The Morgan fingerprint density at radius 3 is 0.817 bits per heavy atom. The minimum Gasteiger partial charge on any atom is -0.309 e. The molecule has 9 heterocycles. The van der Waals surface area contributed by atoms with E-state index in [1.54, 1.807) is 0 Å². The number of fused-ring (bicyclic) bond motifs is 20. The molecule has 0 spiro atoms. The summed E-state index contributed by atoms with van der Waals surface area (Å²) in [5, 5.41) is 24.4. The molecule has 0 N–H and O–H groups in total. The first kappa shape index (κ1) is 74.7. The van der Waals surface area contributed by atoms with Crippen molar-refractivity contribution in [1.82, 2.24) is 42.4 Å². The zero-order valence-electron chi connectivity index (χ0n) is 71.0. The summed E-state index contributed by atoms with van der Waals surface area (Å²) in [6, 6.07) is 157. The van der Waals surface area contributed by atoms with Crippen LogP contribution in [0, 0.1) is 0 Å². The molecule has 0 radical (unpaired) electrons. The maximum atomic E-state index is 5.30. The fourth-order valence-corrected chi connectivity index (χ4v) is 21.1. The molecule has 28 rings (SSSR count). The van der Waals surface area contributed by atoms with E-state index in [4.69, 9.17) is 19.9 Å². The normalized spacial score (nSPS) is 11.8. The Bertz CT molecular complexity index is 9120. The molecule has 0 saturated carbocycles. The third-order valence-electron chi connectivity index (χ3n) is 26.7. The fraction of sp³-hybridized carbons (Fsp3) is 0. The van der Waals surface area contributed by atoms with E-state index in [1.165, 1.54) is 175 Å². The molecule has 0 aliphatic carbocycles. The number of hydrogen-bond donors (Lipinski definition) is 0. The molecular formula is C122H77N9. The molecule has 19 aromatic carbocycles. The predicted molar refractivity (Wildman–Crippen MR) is 548 cm³/mol. The Balaban J connectivity index is 0.000000103. The summed E-state index contributed by atoms with van der Waals surface area (Å²) in [6.07, 6.45) is 10.3. The number of benzene rings is 19. The topological polar surface area (TPSA) is 75.2 Å². The van der Waals surface area contributed by atoms with Crippen LogP contribution in [0.5, 0.6) is 0 Å². The van der Waals surface area contributed by atoms with E-state index in [2.05, 4.69) is 454 Å². The third kappa shape index (κ3) is 12.2. The average Bonchev–Trinajstić information content (AvgIpc) is 1.18. The molecule has 0 unspecified atom stereocenters. The molecule has 0 saturated heterocycles. The fourth-order valence-electron chi connectivity index (χ4n) is 21.1. The van der Waals surface area contributed by atoms with Gasteiger partial charge in [-0.1, -0.05) is 328 Å². The highest BCUT2D eigenvalue weighted by atomic mass is 15.0. The van der Waals surface area contributed by atoms with Crippen LogP contribution in [0.1, 0.15) is 0 Å². The molecule has 0 bridgehead atoms. The second-order valence-corrected chi connectivity index (χ2v) is 33.9. The summed E-state index contributed by atoms with van der Waals surface area (Å²) in [4.78, 5) is 20.1. The molecule has 0 atom stereocenters. The molecule has 131 heavy (non-hydrogen) atoms. The van der Waals surface area contributed by atoms with Gasteiger partial charge in [0.05, 0.1) is 61.2 Å². The number of nitrogens with zero attached hydrogens (tertiary/aromatic N) is 9. The lowest BCUT2D eigenvalue weighted by Gasteiger charge is -2.18. The number of hydrogen-bond acceptors (Lipinski definition) is 4. The maximum Gasteiger partial charge on any atom is 0.137 e. The summed E-state index contributed by atoms with van der Waals surface area (Å²) in [5.41, 5.74) is 28.3. The van der Waals surface area contributed by atoms with E-state index in [-0.39, 0.29) is 0 Å². The summed E-state index contributed by atoms with van der Waals surface area (Å²) in [6.45, 7) is 0. The van der Waals surface area contributed by atoms with Gasteiger partial charge >= 0.3 is 0 Å². The van der Waals surface area contributed by atoms with Gasteiger partial charge in [0.1, 0.15) is 11.3 Å². The summed E-state index contributed by atoms with van der Waals surface area (Å²) >= 11 is 0. The summed E-state index contributed by atoms with van der Waals surface area (Å²) in [7, 11) is 0. The third-order valence-corrected chi connectivity index (χ3v) is 26.7. The van der Waals surface area contributed by atoms with Gasteiger partial charge in [0.2, 0.25) is 0 Å². The van der Waals surface area contributed by atoms with Crippen molar-refractivity contribution in [2.75, 3.05) is 0 Å². The van der Waals surface area contributed by atoms with Gasteiger partial charge in [0.25, 0.3) is 0 Å². The lowest BCUT2D eigenvalue weighted by molar-refractivity contribution is 1.18. The second kappa shape index (κ2) is 30.6. The van der Waals surface area contributed by atoms with Gasteiger partial charge in [-0.3, -0.25) is 4.98 Å². The van der Waals surface area contributed by atoms with Gasteiger partial charge < -0.3 is 22.5 Å². The number of rotatable bonds is 9. The Morgan fingerprint density at radius 2 is 0.466 bits per heavy atom. The maximum absolute atomic E-state index is 5.30. The van der Waals surface area contributed by atoms with Crippen molar-refractivity contribution in [1.29, 1.82) is 0 Å². The van der Waals surface area contributed by atoms with E-state index in [0.717, 1.165) is 72.8 Å². The van der Waals surface area contributed by atoms with Crippen LogP contribution in [0.3, 0.4) is 0 Å². The molecule has 610 valence electrons. The van der Waals surface area contributed by atoms with Gasteiger partial charge in [0, 0.05) is 108 Å². The summed E-state index contributed by atoms with van der Waals surface area (Å²) in [5.74, 6) is 0. The molecule has 0 amide bonds. The van der Waals surface area contributed by atoms with Gasteiger partial charge in [-0.25, -0.2) is 15.0 Å². The Morgan fingerprint density at radius 1 is 0.176 bits per heavy atom. The van der Waals surface area contributed by atoms with Gasteiger partial charge in [0.15, 0.2) is 0 Å². The average molecular weight is 1670 g/mol. The van der Waals surface area contributed by atoms with Gasteiger partial charge in [-0.2, -0.15) is 0 Å². The first-order valence-electron chi connectivity index (χ1n) is 44.6. The largest absolute Gasteiger partial charge is 0.309 e. The molecule has 9 aromatic heterocycles. The molecule has 0 aliphatic heterocycles. The minimum atomic E-state index is 0.929. The van der Waals surface area contributed by atoms with Crippen molar-refractivity contribution < 1.29 is 0 Å². The number of para-hydroxylation sites is 6. The van der Waals surface area contributed by atoms with Gasteiger partial charge in [-0.15, -0.1) is 0 Å². The van der Waals surface area contributed by atoms with Crippen molar-refractivity contribution in [3.05, 3.63) is 468 Å². The Labute approximate surface area is 752 Å². The quantitative estimate of drug-likeness (QED) is 0.107. The highest BCUT2D eigenvalue weighted by Gasteiger charge is 2.25. The first-order valence-corrected chi connectivity index (χ1v) is 44.6. The van der Waals surface area contributed by atoms with E-state index in [1.807, 2.05) is 36.5 Å². The van der Waals surface area contributed by atoms with E-state index in [0.29, 0.717) is 0 Å². The smallest absolute Gasteiger partial charge is 0.137 e. The Hall–Kier alpha value is -17.7. The van der Waals surface area contributed by atoms with E-state index in [9.17, 15) is 0 Å². The van der Waals surface area contributed by atoms with E-state index < -0.39 is 0 Å². The van der Waals surface area contributed by atoms with Crippen molar-refractivity contribution in [3.63, 3.8) is 0 Å². The number of imidazole rings is 2. The van der Waals surface area contributed by atoms with E-state index >= 15 is 0 Å². The second-order valence-electron chi connectivity index (χ2n) is 33.9. The van der Waals surface area contributed by atoms with Crippen LogP contribution in [-0.4, -0.2) is 42.4 Å². The van der Waals surface area contributed by atoms with Crippen LogP contribution < -0.4 is 0 Å². The zero-order valence-corrected chi connectivity index (χ0v) is 71.0. The van der Waals surface area contributed by atoms with Crippen molar-refractivity contribution in [2.24, 2.45) is 0 Å². The van der Waals surface area contributed by atoms with Crippen LogP contribution in [0.2, 0.25) is 0 Å². The van der Waals surface area contributed by atoms with Crippen LogP contribution >= 0.6 is 0 Å². The zero-order chi connectivity index (χ0) is 86.1. The van der Waals surface area contributed by atoms with Crippen LogP contribution in [-0.2, 0) is 0 Å². The Kier molecular flexibility index (Phi) is 17.5. The minimum absolute atomic E-state index is 0.929. The van der Waals surface area contributed by atoms with Gasteiger partial charge in [-0.05, 0) is 207 Å². The standard InChI is InChI=1S/C44H27N3.2C39H25N3/c1-3-15-36-34(13-1)41(28-21-24-31(25-22-28)47-39-17-7-5-11-32(39)33-12-6-8-18-40(33)47)35-14-2-4-16-37(35)42(36)38-26-23-30-20-19-29-10-9-27-45-43(29)44(30)46-38;1-3-18-32-30(16-1)38(31-17-2-4-19-33(31)39(32)34-25-41-23-10-9-22-37(41)40-34)26-12-11-13-27(24-26)42-35-20-7-5-14-28(35)29-15-6-8-21-36(29)42;1-3-15-32-30(13-1)38(31-14-2-4-16-33(31)39(32)34-25-41-24-10-9-19-37(41)40-34)26-20-22-27(23-21-26)42-35-17-7-5-11-28(35)29-12-6-8-18-36(29)42/h1-27H;2*1-25H. The lowest BCUT2D eigenvalue weighted by atomic mass is 9.87. The van der Waals surface area contributed by atoms with Crippen LogP contribution in [0.25, 0.3) is 247 Å². The lowest BCUT2D eigenvalue weighted by Crippen LogP contribution is -1.95. The molecule has 0 fully saturated rings. The van der Waals surface area contributed by atoms with Crippen LogP contribution in [0.15, 0.2) is 468 Å². The first-order chi connectivity index (χ1) is 65.0. The van der Waals surface area contributed by atoms with Crippen LogP contribution in [0.4, 0.5) is 0 Å². The predicted octanol–water partition coefficient (Wildman–Crippen LogP) is 31.7.